The van der Waals surface area contributed by atoms with Gasteiger partial charge in [0.25, 0.3) is 0 Å². The van der Waals surface area contributed by atoms with Crippen molar-refractivity contribution >= 4 is 23.0 Å². The van der Waals surface area contributed by atoms with Gasteiger partial charge in [0.05, 0.1) is 16.4 Å². The van der Waals surface area contributed by atoms with Crippen molar-refractivity contribution in [1.29, 1.82) is 0 Å². The van der Waals surface area contributed by atoms with Gasteiger partial charge in [-0.15, -0.1) is 0 Å². The molecule has 1 aromatic carbocycles. The molecule has 2 nitrogen and oxygen atoms in total. The quantitative estimate of drug-likeness (QED) is 0.635. The van der Waals surface area contributed by atoms with Gasteiger partial charge in [0.2, 0.25) is 0 Å². The number of nitrogens with two attached hydrogens (primary N) is 1. The number of hydrogen-bond donors (Lipinski definition) is 2. The van der Waals surface area contributed by atoms with Crippen LogP contribution < -0.4 is 11.1 Å². The van der Waals surface area contributed by atoms with Crippen LogP contribution in [0.1, 0.15) is 5.56 Å². The Morgan fingerprint density at radius 1 is 1.45 bits per heavy atom. The topological polar surface area (TPSA) is 38.0 Å². The van der Waals surface area contributed by atoms with Gasteiger partial charge < -0.3 is 11.1 Å². The van der Waals surface area contributed by atoms with E-state index in [1.54, 1.807) is 0 Å². The van der Waals surface area contributed by atoms with Gasteiger partial charge >= 0.3 is 0 Å². The van der Waals surface area contributed by atoms with E-state index in [0.717, 1.165) is 11.3 Å². The number of hydrogen-bond acceptors (Lipinski definition) is 2. The summed E-state index contributed by atoms with van der Waals surface area (Å²) in [6.07, 6.45) is 0. The lowest BCUT2D eigenvalue weighted by molar-refractivity contribution is 1.43. The van der Waals surface area contributed by atoms with Crippen LogP contribution >= 0.6 is 11.6 Å². The van der Waals surface area contributed by atoms with E-state index < -0.39 is 0 Å². The van der Waals surface area contributed by atoms with Crippen molar-refractivity contribution in [2.45, 2.75) is 6.92 Å². The van der Waals surface area contributed by atoms with Gasteiger partial charge in [0.1, 0.15) is 0 Å². The van der Waals surface area contributed by atoms with Gasteiger partial charge in [0, 0.05) is 7.05 Å². The Labute approximate surface area is 71.4 Å². The Morgan fingerprint density at radius 3 is 2.64 bits per heavy atom. The number of aryl methyl sites for hydroxylation is 1. The summed E-state index contributed by atoms with van der Waals surface area (Å²) < 4.78 is 0. The molecule has 0 fully saturated rings. The Hall–Kier alpha value is -0.890. The zero-order valence-corrected chi connectivity index (χ0v) is 7.37. The molecule has 1 aromatic rings. The molecule has 0 aliphatic rings. The summed E-state index contributed by atoms with van der Waals surface area (Å²) in [4.78, 5) is 0. The Morgan fingerprint density at radius 2 is 2.09 bits per heavy atom. The van der Waals surface area contributed by atoms with Crippen LogP contribution in [0.4, 0.5) is 11.4 Å². The molecule has 0 unspecified atom stereocenters. The molecule has 0 saturated carbocycles. The van der Waals surface area contributed by atoms with E-state index in [1.807, 2.05) is 26.1 Å². The molecule has 3 heteroatoms. The molecule has 0 radical (unpaired) electrons. The monoisotopic (exact) mass is 170 g/mol. The van der Waals surface area contributed by atoms with E-state index in [1.165, 1.54) is 0 Å². The number of halogens is 1. The van der Waals surface area contributed by atoms with Crippen molar-refractivity contribution in [2.75, 3.05) is 18.1 Å². The minimum absolute atomic E-state index is 0.606. The minimum atomic E-state index is 0.606. The van der Waals surface area contributed by atoms with Crippen LogP contribution in [0.25, 0.3) is 0 Å². The molecule has 60 valence electrons. The van der Waals surface area contributed by atoms with E-state index in [9.17, 15) is 0 Å². The summed E-state index contributed by atoms with van der Waals surface area (Å²) >= 11 is 5.83. The van der Waals surface area contributed by atoms with Gasteiger partial charge in [-0.05, 0) is 24.6 Å². The highest BCUT2D eigenvalue weighted by Gasteiger charge is 2.01. The van der Waals surface area contributed by atoms with Crippen molar-refractivity contribution in [1.82, 2.24) is 0 Å². The third-order valence-electron chi connectivity index (χ3n) is 1.54. The number of nitrogens with one attached hydrogen (secondary N) is 1. The van der Waals surface area contributed by atoms with Gasteiger partial charge in [-0.3, -0.25) is 0 Å². The molecule has 0 aromatic heterocycles. The molecule has 0 atom stereocenters. The average Bonchev–Trinajstić information content (AvgIpc) is 1.96. The predicted octanol–water partition coefficient (Wildman–Crippen LogP) is 2.27. The Bertz CT molecular complexity index is 271. The van der Waals surface area contributed by atoms with Crippen molar-refractivity contribution in [3.63, 3.8) is 0 Å². The van der Waals surface area contributed by atoms with Crippen LogP contribution in [0.5, 0.6) is 0 Å². The predicted molar refractivity (Wildman–Crippen MR) is 50.1 cm³/mol. The summed E-state index contributed by atoms with van der Waals surface area (Å²) in [5.74, 6) is 0. The normalized spacial score (nSPS) is 9.73. The molecule has 0 saturated heterocycles. The first-order chi connectivity index (χ1) is 5.15. The van der Waals surface area contributed by atoms with Crippen molar-refractivity contribution in [2.24, 2.45) is 0 Å². The zero-order valence-electron chi connectivity index (χ0n) is 6.61. The lowest BCUT2D eigenvalue weighted by Crippen LogP contribution is -1.96. The highest BCUT2D eigenvalue weighted by Crippen LogP contribution is 2.28. The largest absolute Gasteiger partial charge is 0.396 e. The van der Waals surface area contributed by atoms with Gasteiger partial charge in [-0.1, -0.05) is 11.6 Å². The Kier molecular flexibility index (Phi) is 2.25. The lowest BCUT2D eigenvalue weighted by Gasteiger charge is -2.07. The zero-order chi connectivity index (χ0) is 8.43. The summed E-state index contributed by atoms with van der Waals surface area (Å²) in [6, 6.07) is 3.80. The lowest BCUT2D eigenvalue weighted by atomic mass is 10.2. The molecule has 0 amide bonds. The van der Waals surface area contributed by atoms with Crippen molar-refractivity contribution in [3.05, 3.63) is 22.7 Å². The Balaban J connectivity index is 3.24. The first-order valence-corrected chi connectivity index (χ1v) is 3.76. The molecule has 0 aliphatic carbocycles. The number of rotatable bonds is 1. The second-order valence-corrected chi connectivity index (χ2v) is 2.87. The van der Waals surface area contributed by atoms with E-state index >= 15 is 0 Å². The maximum atomic E-state index is 5.83. The number of nitrogen functional groups attached to an aromatic ring is 1. The highest BCUT2D eigenvalue weighted by atomic mass is 35.5. The summed E-state index contributed by atoms with van der Waals surface area (Å²) in [5.41, 5.74) is 8.27. The summed E-state index contributed by atoms with van der Waals surface area (Å²) in [6.45, 7) is 1.98. The summed E-state index contributed by atoms with van der Waals surface area (Å²) in [7, 11) is 1.82. The molecule has 11 heavy (non-hydrogen) atoms. The fourth-order valence-electron chi connectivity index (χ4n) is 0.960. The second kappa shape index (κ2) is 3.01. The maximum Gasteiger partial charge on any atom is 0.0739 e. The van der Waals surface area contributed by atoms with Crippen molar-refractivity contribution < 1.29 is 0 Å². The summed E-state index contributed by atoms with van der Waals surface area (Å²) in [5, 5.41) is 3.57. The molecule has 3 N–H and O–H groups in total. The molecule has 0 spiro atoms. The SMILES string of the molecule is CNc1cc(C)cc(Cl)c1N. The van der Waals surface area contributed by atoms with Crippen LogP contribution in [0.3, 0.4) is 0 Å². The average molecular weight is 171 g/mol. The number of anilines is 2. The van der Waals surface area contributed by atoms with Crippen LogP contribution in [0, 0.1) is 6.92 Å². The maximum absolute atomic E-state index is 5.83. The smallest absolute Gasteiger partial charge is 0.0739 e. The van der Waals surface area contributed by atoms with Crippen LogP contribution in [-0.2, 0) is 0 Å². The first-order valence-electron chi connectivity index (χ1n) is 3.38. The van der Waals surface area contributed by atoms with E-state index in [4.69, 9.17) is 17.3 Å². The second-order valence-electron chi connectivity index (χ2n) is 2.46. The van der Waals surface area contributed by atoms with E-state index in [-0.39, 0.29) is 0 Å². The van der Waals surface area contributed by atoms with E-state index in [2.05, 4.69) is 5.32 Å². The minimum Gasteiger partial charge on any atom is -0.396 e. The van der Waals surface area contributed by atoms with Gasteiger partial charge in [0.15, 0.2) is 0 Å². The van der Waals surface area contributed by atoms with Gasteiger partial charge in [-0.25, -0.2) is 0 Å². The fourth-order valence-corrected chi connectivity index (χ4v) is 1.23. The molecular formula is C8H11ClN2. The molecule has 0 heterocycles. The first kappa shape index (κ1) is 8.21. The fraction of sp³-hybridized carbons (Fsp3) is 0.250. The molecular weight excluding hydrogens is 160 g/mol. The molecule has 0 aliphatic heterocycles. The molecule has 0 bridgehead atoms. The highest BCUT2D eigenvalue weighted by molar-refractivity contribution is 6.33. The van der Waals surface area contributed by atoms with Crippen LogP contribution in [0.15, 0.2) is 12.1 Å². The standard InChI is InChI=1S/C8H11ClN2/c1-5-3-6(9)8(10)7(4-5)11-2/h3-4,11H,10H2,1-2H3. The van der Waals surface area contributed by atoms with Crippen LogP contribution in [0.2, 0.25) is 5.02 Å². The van der Waals surface area contributed by atoms with Gasteiger partial charge in [-0.2, -0.15) is 0 Å². The third kappa shape index (κ3) is 1.57. The van der Waals surface area contributed by atoms with Crippen LogP contribution in [-0.4, -0.2) is 7.05 Å². The number of benzene rings is 1. The van der Waals surface area contributed by atoms with Crippen molar-refractivity contribution in [3.8, 4) is 0 Å². The van der Waals surface area contributed by atoms with E-state index in [0.29, 0.717) is 10.7 Å². The third-order valence-corrected chi connectivity index (χ3v) is 1.86. The molecule has 1 rings (SSSR count).